The Hall–Kier alpha value is -2.05. The number of hydrogen-bond acceptors (Lipinski definition) is 3. The smallest absolute Gasteiger partial charge is 0.289 e. The van der Waals surface area contributed by atoms with Crippen molar-refractivity contribution in [1.29, 1.82) is 5.26 Å². The van der Waals surface area contributed by atoms with Crippen LogP contribution in [-0.4, -0.2) is 34.7 Å². The van der Waals surface area contributed by atoms with Crippen LogP contribution in [-0.2, 0) is 5.41 Å². The summed E-state index contributed by atoms with van der Waals surface area (Å²) in [5.74, 6) is 2.49. The molecular weight excluding hydrogens is 303 g/mol. The minimum atomic E-state index is -4.21. The summed E-state index contributed by atoms with van der Waals surface area (Å²) in [5, 5.41) is 9.77. The molecule has 2 fully saturated rings. The van der Waals surface area contributed by atoms with Crippen molar-refractivity contribution >= 4 is 0 Å². The molecule has 1 aromatic rings. The molecule has 1 aromatic heterocycles. The van der Waals surface area contributed by atoms with Gasteiger partial charge in [-0.2, -0.15) is 18.4 Å². The van der Waals surface area contributed by atoms with Crippen LogP contribution >= 0.6 is 0 Å². The highest BCUT2D eigenvalue weighted by Crippen LogP contribution is 2.47. The first-order valence-corrected chi connectivity index (χ1v) is 7.53. The topological polar surface area (TPSA) is 39.9 Å². The third-order valence-corrected chi connectivity index (χ3v) is 4.97. The SMILES string of the molecule is C#Cc1cncc(C2(C#N)CC3CCC(C2)N3CC(F)(F)F)c1. The number of fused-ring (bicyclic) bond motifs is 2. The monoisotopic (exact) mass is 319 g/mol. The van der Waals surface area contributed by atoms with Crippen LogP contribution in [0.1, 0.15) is 36.8 Å². The maximum absolute atomic E-state index is 12.8. The summed E-state index contributed by atoms with van der Waals surface area (Å²) in [6.45, 7) is -0.896. The zero-order valence-corrected chi connectivity index (χ0v) is 12.5. The van der Waals surface area contributed by atoms with Crippen LogP contribution in [0.25, 0.3) is 0 Å². The van der Waals surface area contributed by atoms with Crippen molar-refractivity contribution in [3.8, 4) is 18.4 Å². The average molecular weight is 319 g/mol. The van der Waals surface area contributed by atoms with E-state index in [1.54, 1.807) is 18.5 Å². The Morgan fingerprint density at radius 2 is 1.96 bits per heavy atom. The van der Waals surface area contributed by atoms with E-state index < -0.39 is 18.1 Å². The molecule has 120 valence electrons. The molecule has 0 radical (unpaired) electrons. The van der Waals surface area contributed by atoms with Gasteiger partial charge in [-0.15, -0.1) is 6.42 Å². The van der Waals surface area contributed by atoms with E-state index in [2.05, 4.69) is 17.0 Å². The van der Waals surface area contributed by atoms with Crippen LogP contribution in [0, 0.1) is 23.7 Å². The first kappa shape index (κ1) is 15.8. The van der Waals surface area contributed by atoms with Gasteiger partial charge >= 0.3 is 6.18 Å². The predicted molar refractivity (Wildman–Crippen MR) is 78.3 cm³/mol. The van der Waals surface area contributed by atoms with Gasteiger partial charge < -0.3 is 0 Å². The van der Waals surface area contributed by atoms with Gasteiger partial charge in [-0.3, -0.25) is 9.88 Å². The zero-order valence-electron chi connectivity index (χ0n) is 12.5. The lowest BCUT2D eigenvalue weighted by Crippen LogP contribution is -2.51. The van der Waals surface area contributed by atoms with Crippen LogP contribution in [0.4, 0.5) is 13.2 Å². The zero-order chi connectivity index (χ0) is 16.7. The maximum Gasteiger partial charge on any atom is 0.401 e. The van der Waals surface area contributed by atoms with E-state index in [-0.39, 0.29) is 12.1 Å². The van der Waals surface area contributed by atoms with Crippen molar-refractivity contribution < 1.29 is 13.2 Å². The van der Waals surface area contributed by atoms with Gasteiger partial charge in [-0.05, 0) is 37.3 Å². The average Bonchev–Trinajstić information content (AvgIpc) is 2.75. The van der Waals surface area contributed by atoms with Crippen molar-refractivity contribution in [2.24, 2.45) is 0 Å². The number of nitriles is 1. The minimum absolute atomic E-state index is 0.218. The Labute approximate surface area is 133 Å². The number of piperidine rings is 1. The molecule has 3 heterocycles. The molecule has 23 heavy (non-hydrogen) atoms. The van der Waals surface area contributed by atoms with Gasteiger partial charge in [-0.25, -0.2) is 0 Å². The van der Waals surface area contributed by atoms with Gasteiger partial charge in [0.15, 0.2) is 0 Å². The summed E-state index contributed by atoms with van der Waals surface area (Å²) >= 11 is 0. The number of pyridine rings is 1. The van der Waals surface area contributed by atoms with Crippen molar-refractivity contribution in [2.45, 2.75) is 49.4 Å². The van der Waals surface area contributed by atoms with Crippen LogP contribution < -0.4 is 0 Å². The second kappa shape index (κ2) is 5.54. The molecule has 0 aromatic carbocycles. The first-order valence-electron chi connectivity index (χ1n) is 7.53. The molecule has 2 unspecified atom stereocenters. The van der Waals surface area contributed by atoms with Crippen LogP contribution in [0.15, 0.2) is 18.5 Å². The molecule has 0 spiro atoms. The Morgan fingerprint density at radius 1 is 1.30 bits per heavy atom. The minimum Gasteiger partial charge on any atom is -0.289 e. The van der Waals surface area contributed by atoms with Gasteiger partial charge in [0.25, 0.3) is 0 Å². The fourth-order valence-electron chi connectivity index (χ4n) is 3.98. The molecule has 0 aliphatic carbocycles. The predicted octanol–water partition coefficient (Wildman–Crippen LogP) is 3.01. The second-order valence-electron chi connectivity index (χ2n) is 6.38. The van der Waals surface area contributed by atoms with E-state index in [1.165, 1.54) is 4.90 Å². The Morgan fingerprint density at radius 3 is 2.48 bits per heavy atom. The molecule has 2 atom stereocenters. The molecule has 2 aliphatic rings. The molecule has 3 rings (SSSR count). The number of rotatable bonds is 2. The van der Waals surface area contributed by atoms with Gasteiger partial charge in [0.1, 0.15) is 0 Å². The molecule has 0 saturated carbocycles. The molecule has 0 N–H and O–H groups in total. The number of alkyl halides is 3. The van der Waals surface area contributed by atoms with E-state index in [4.69, 9.17) is 6.42 Å². The molecule has 2 saturated heterocycles. The lowest BCUT2D eigenvalue weighted by molar-refractivity contribution is -0.156. The van der Waals surface area contributed by atoms with Gasteiger partial charge in [-0.1, -0.05) is 5.92 Å². The van der Waals surface area contributed by atoms with E-state index in [1.807, 2.05) is 0 Å². The van der Waals surface area contributed by atoms with Crippen LogP contribution in [0.5, 0.6) is 0 Å². The Bertz CT molecular complexity index is 670. The number of hydrogen-bond donors (Lipinski definition) is 0. The molecule has 2 aliphatic heterocycles. The third-order valence-electron chi connectivity index (χ3n) is 4.97. The fourth-order valence-corrected chi connectivity index (χ4v) is 3.98. The Kier molecular flexibility index (Phi) is 3.82. The normalized spacial score (nSPS) is 30.7. The number of aromatic nitrogens is 1. The highest BCUT2D eigenvalue weighted by molar-refractivity contribution is 5.40. The summed E-state index contributed by atoms with van der Waals surface area (Å²) in [5.41, 5.74) is 0.509. The summed E-state index contributed by atoms with van der Waals surface area (Å²) < 4.78 is 38.3. The van der Waals surface area contributed by atoms with E-state index in [0.717, 1.165) is 5.56 Å². The van der Waals surface area contributed by atoms with Crippen molar-refractivity contribution in [1.82, 2.24) is 9.88 Å². The standard InChI is InChI=1S/C17H16F3N3/c1-2-12-5-13(9-22-8-12)16(10-21)6-14-3-4-15(7-16)23(14)11-17(18,19)20/h1,5,8-9,14-15H,3-4,6-7,11H2. The molecular formula is C17H16F3N3. The highest BCUT2D eigenvalue weighted by atomic mass is 19.4. The summed E-state index contributed by atoms with van der Waals surface area (Å²) in [7, 11) is 0. The second-order valence-corrected chi connectivity index (χ2v) is 6.38. The molecule has 3 nitrogen and oxygen atoms in total. The van der Waals surface area contributed by atoms with Gasteiger partial charge in [0.05, 0.1) is 18.0 Å². The third kappa shape index (κ3) is 2.92. The lowest BCUT2D eigenvalue weighted by atomic mass is 9.71. The molecule has 6 heteroatoms. The Balaban J connectivity index is 1.90. The van der Waals surface area contributed by atoms with Crippen molar-refractivity contribution in [3.05, 3.63) is 29.6 Å². The number of halogens is 3. The van der Waals surface area contributed by atoms with E-state index >= 15 is 0 Å². The van der Waals surface area contributed by atoms with Crippen LogP contribution in [0.2, 0.25) is 0 Å². The fraction of sp³-hybridized carbons (Fsp3) is 0.529. The summed E-state index contributed by atoms with van der Waals surface area (Å²) in [6.07, 6.45) is 6.52. The van der Waals surface area contributed by atoms with Crippen LogP contribution in [0.3, 0.4) is 0 Å². The molecule has 2 bridgehead atoms. The maximum atomic E-state index is 12.8. The quantitative estimate of drug-likeness (QED) is 0.787. The van der Waals surface area contributed by atoms with Gasteiger partial charge in [0, 0.05) is 30.0 Å². The number of nitrogens with zero attached hydrogens (tertiary/aromatic N) is 3. The first-order chi connectivity index (χ1) is 10.9. The highest BCUT2D eigenvalue weighted by Gasteiger charge is 2.52. The lowest BCUT2D eigenvalue weighted by Gasteiger charge is -2.43. The van der Waals surface area contributed by atoms with E-state index in [0.29, 0.717) is 31.2 Å². The van der Waals surface area contributed by atoms with Crippen molar-refractivity contribution in [2.75, 3.05) is 6.54 Å². The number of terminal acetylenes is 1. The van der Waals surface area contributed by atoms with Crippen molar-refractivity contribution in [3.63, 3.8) is 0 Å². The summed E-state index contributed by atoms with van der Waals surface area (Å²) in [4.78, 5) is 5.61. The molecule has 0 amide bonds. The van der Waals surface area contributed by atoms with Gasteiger partial charge in [0.2, 0.25) is 0 Å². The summed E-state index contributed by atoms with van der Waals surface area (Å²) in [6, 6.07) is 3.68. The van der Waals surface area contributed by atoms with E-state index in [9.17, 15) is 18.4 Å². The largest absolute Gasteiger partial charge is 0.401 e.